The molecule has 11 heavy (non-hydrogen) atoms. The summed E-state index contributed by atoms with van der Waals surface area (Å²) in [5, 5.41) is 0. The largest absolute Gasteiger partial charge is 0.327 e. The van der Waals surface area contributed by atoms with E-state index in [2.05, 4.69) is 5.92 Å². The van der Waals surface area contributed by atoms with Crippen LogP contribution >= 0.6 is 7.37 Å². The first kappa shape index (κ1) is 8.84. The molecule has 1 rings (SSSR count). The first-order valence-corrected chi connectivity index (χ1v) is 5.92. The van der Waals surface area contributed by atoms with Crippen LogP contribution in [0.15, 0.2) is 0 Å². The SMILES string of the molecule is C#CC1(C)CCP(C)(=O)OC1. The predicted octanol–water partition coefficient (Wildman–Crippen LogP) is 1.95. The molecule has 3 heteroatoms. The average Bonchev–Trinajstić information content (AvgIpc) is 1.97. The Morgan fingerprint density at radius 2 is 2.36 bits per heavy atom. The van der Waals surface area contributed by atoms with Gasteiger partial charge in [0.05, 0.1) is 12.0 Å². The summed E-state index contributed by atoms with van der Waals surface area (Å²) in [5.74, 6) is 2.67. The second-order valence-electron chi connectivity index (χ2n) is 3.47. The van der Waals surface area contributed by atoms with Crippen molar-refractivity contribution in [2.75, 3.05) is 19.4 Å². The van der Waals surface area contributed by atoms with E-state index >= 15 is 0 Å². The van der Waals surface area contributed by atoms with Gasteiger partial charge < -0.3 is 4.52 Å². The van der Waals surface area contributed by atoms with Crippen LogP contribution in [0.3, 0.4) is 0 Å². The zero-order chi connectivity index (χ0) is 8.54. The summed E-state index contributed by atoms with van der Waals surface area (Å²) in [6.45, 7) is 4.08. The molecule has 0 N–H and O–H groups in total. The fraction of sp³-hybridized carbons (Fsp3) is 0.750. The lowest BCUT2D eigenvalue weighted by Crippen LogP contribution is -2.26. The number of hydrogen-bond acceptors (Lipinski definition) is 2. The van der Waals surface area contributed by atoms with Gasteiger partial charge in [0, 0.05) is 12.8 Å². The van der Waals surface area contributed by atoms with Crippen molar-refractivity contribution in [2.45, 2.75) is 13.3 Å². The van der Waals surface area contributed by atoms with Gasteiger partial charge in [0.1, 0.15) is 0 Å². The third-order valence-corrected chi connectivity index (χ3v) is 3.79. The summed E-state index contributed by atoms with van der Waals surface area (Å²) in [7, 11) is -2.28. The number of rotatable bonds is 0. The Morgan fingerprint density at radius 1 is 1.73 bits per heavy atom. The Bertz CT molecular complexity index is 227. The van der Waals surface area contributed by atoms with Crippen LogP contribution in [0.25, 0.3) is 0 Å². The lowest BCUT2D eigenvalue weighted by atomic mass is 9.90. The highest BCUT2D eigenvalue weighted by atomic mass is 31.2. The molecule has 0 radical (unpaired) electrons. The summed E-state index contributed by atoms with van der Waals surface area (Å²) in [6, 6.07) is 0. The second kappa shape index (κ2) is 2.66. The van der Waals surface area contributed by atoms with Crippen molar-refractivity contribution in [1.82, 2.24) is 0 Å². The van der Waals surface area contributed by atoms with Crippen LogP contribution in [-0.2, 0) is 9.09 Å². The standard InChI is InChI=1S/C8H13O2P/c1-4-8(2)5-6-11(3,9)10-7-8/h1H,5-7H2,2-3H3. The van der Waals surface area contributed by atoms with E-state index in [1.165, 1.54) is 0 Å². The monoisotopic (exact) mass is 172 g/mol. The minimum absolute atomic E-state index is 0.191. The second-order valence-corrected chi connectivity index (χ2v) is 6.20. The molecule has 0 bridgehead atoms. The van der Waals surface area contributed by atoms with Gasteiger partial charge >= 0.3 is 0 Å². The molecular weight excluding hydrogens is 159 g/mol. The molecular formula is C8H13O2P. The summed E-state index contributed by atoms with van der Waals surface area (Å²) >= 11 is 0. The van der Waals surface area contributed by atoms with E-state index in [1.807, 2.05) is 6.92 Å². The van der Waals surface area contributed by atoms with Crippen molar-refractivity contribution >= 4 is 7.37 Å². The van der Waals surface area contributed by atoms with Gasteiger partial charge in [-0.05, 0) is 13.3 Å². The third kappa shape index (κ3) is 2.09. The Balaban J connectivity index is 2.64. The predicted molar refractivity (Wildman–Crippen MR) is 45.9 cm³/mol. The average molecular weight is 172 g/mol. The Morgan fingerprint density at radius 3 is 2.73 bits per heavy atom. The van der Waals surface area contributed by atoms with Crippen molar-refractivity contribution < 1.29 is 9.09 Å². The summed E-state index contributed by atoms with van der Waals surface area (Å²) in [6.07, 6.45) is 6.74. The fourth-order valence-corrected chi connectivity index (χ4v) is 2.57. The van der Waals surface area contributed by atoms with E-state index in [4.69, 9.17) is 10.9 Å². The molecule has 2 unspecified atom stereocenters. The maximum absolute atomic E-state index is 11.3. The first-order valence-electron chi connectivity index (χ1n) is 3.66. The van der Waals surface area contributed by atoms with Gasteiger partial charge in [0.25, 0.3) is 0 Å². The van der Waals surface area contributed by atoms with Crippen molar-refractivity contribution in [2.24, 2.45) is 5.41 Å². The molecule has 62 valence electrons. The molecule has 1 aliphatic rings. The Labute approximate surface area is 67.8 Å². The highest BCUT2D eigenvalue weighted by Gasteiger charge is 2.33. The highest BCUT2D eigenvalue weighted by molar-refractivity contribution is 7.58. The lowest BCUT2D eigenvalue weighted by Gasteiger charge is -2.31. The highest BCUT2D eigenvalue weighted by Crippen LogP contribution is 2.50. The normalized spacial score (nSPS) is 44.8. The van der Waals surface area contributed by atoms with E-state index in [0.29, 0.717) is 12.8 Å². The third-order valence-electron chi connectivity index (χ3n) is 2.07. The zero-order valence-electron chi connectivity index (χ0n) is 6.96. The maximum atomic E-state index is 11.3. The molecule has 0 saturated carbocycles. The van der Waals surface area contributed by atoms with Gasteiger partial charge in [-0.2, -0.15) is 0 Å². The molecule has 1 fully saturated rings. The quantitative estimate of drug-likeness (QED) is 0.412. The van der Waals surface area contributed by atoms with Gasteiger partial charge in [-0.15, -0.1) is 6.42 Å². The summed E-state index contributed by atoms with van der Waals surface area (Å²) in [4.78, 5) is 0. The van der Waals surface area contributed by atoms with Crippen molar-refractivity contribution in [1.29, 1.82) is 0 Å². The molecule has 0 aromatic heterocycles. The van der Waals surface area contributed by atoms with Crippen LogP contribution in [0.1, 0.15) is 13.3 Å². The minimum Gasteiger partial charge on any atom is -0.327 e. The van der Waals surface area contributed by atoms with Gasteiger partial charge in [-0.3, -0.25) is 4.57 Å². The molecule has 0 amide bonds. The van der Waals surface area contributed by atoms with Crippen LogP contribution in [-0.4, -0.2) is 19.4 Å². The fourth-order valence-electron chi connectivity index (χ4n) is 0.979. The molecule has 1 aliphatic heterocycles. The van der Waals surface area contributed by atoms with Crippen LogP contribution in [0.4, 0.5) is 0 Å². The Kier molecular flexibility index (Phi) is 2.14. The summed E-state index contributed by atoms with van der Waals surface area (Å²) in [5.41, 5.74) is -0.191. The molecule has 2 atom stereocenters. The van der Waals surface area contributed by atoms with Gasteiger partial charge in [-0.1, -0.05) is 5.92 Å². The van der Waals surface area contributed by atoms with Gasteiger partial charge in [0.2, 0.25) is 0 Å². The van der Waals surface area contributed by atoms with Crippen LogP contribution in [0.2, 0.25) is 0 Å². The number of terminal acetylenes is 1. The van der Waals surface area contributed by atoms with Crippen LogP contribution in [0.5, 0.6) is 0 Å². The molecule has 0 aromatic rings. The smallest absolute Gasteiger partial charge is 0.200 e. The summed E-state index contributed by atoms with van der Waals surface area (Å²) < 4.78 is 16.5. The van der Waals surface area contributed by atoms with E-state index in [0.717, 1.165) is 6.42 Å². The van der Waals surface area contributed by atoms with Crippen LogP contribution in [0, 0.1) is 17.8 Å². The van der Waals surface area contributed by atoms with E-state index in [1.54, 1.807) is 6.66 Å². The van der Waals surface area contributed by atoms with Gasteiger partial charge in [0.15, 0.2) is 7.37 Å². The molecule has 1 heterocycles. The number of hydrogen-bond donors (Lipinski definition) is 0. The molecule has 0 aliphatic carbocycles. The van der Waals surface area contributed by atoms with Crippen molar-refractivity contribution in [3.63, 3.8) is 0 Å². The van der Waals surface area contributed by atoms with E-state index in [9.17, 15) is 4.57 Å². The topological polar surface area (TPSA) is 26.3 Å². The zero-order valence-corrected chi connectivity index (χ0v) is 7.86. The van der Waals surface area contributed by atoms with E-state index in [-0.39, 0.29) is 5.41 Å². The molecule has 1 saturated heterocycles. The van der Waals surface area contributed by atoms with E-state index < -0.39 is 7.37 Å². The van der Waals surface area contributed by atoms with Crippen LogP contribution < -0.4 is 0 Å². The van der Waals surface area contributed by atoms with Crippen molar-refractivity contribution in [3.05, 3.63) is 0 Å². The first-order chi connectivity index (χ1) is 4.97. The molecule has 2 nitrogen and oxygen atoms in total. The lowest BCUT2D eigenvalue weighted by molar-refractivity contribution is 0.189. The molecule has 0 aromatic carbocycles. The molecule has 0 spiro atoms. The Hall–Kier alpha value is -0.250. The van der Waals surface area contributed by atoms with Crippen molar-refractivity contribution in [3.8, 4) is 12.3 Å². The maximum Gasteiger partial charge on any atom is 0.200 e. The van der Waals surface area contributed by atoms with Gasteiger partial charge in [-0.25, -0.2) is 0 Å². The minimum atomic E-state index is -2.28.